The maximum atomic E-state index is 12.2. The van der Waals surface area contributed by atoms with Crippen molar-refractivity contribution in [2.24, 2.45) is 0 Å². The molecule has 25 heavy (non-hydrogen) atoms. The van der Waals surface area contributed by atoms with E-state index in [2.05, 4.69) is 10.3 Å². The van der Waals surface area contributed by atoms with Gasteiger partial charge in [-0.3, -0.25) is 9.78 Å². The van der Waals surface area contributed by atoms with E-state index < -0.39 is 0 Å². The molecule has 1 unspecified atom stereocenters. The first-order valence-electron chi connectivity index (χ1n) is 8.20. The molecule has 0 aliphatic rings. The first-order valence-corrected chi connectivity index (χ1v) is 8.20. The number of hydrogen-bond acceptors (Lipinski definition) is 3. The highest BCUT2D eigenvalue weighted by Crippen LogP contribution is 2.19. The topological polar surface area (TPSA) is 51.2 Å². The van der Waals surface area contributed by atoms with Crippen molar-refractivity contribution in [2.45, 2.75) is 19.6 Å². The lowest BCUT2D eigenvalue weighted by molar-refractivity contribution is 0.0940. The van der Waals surface area contributed by atoms with E-state index in [4.69, 9.17) is 4.74 Å². The van der Waals surface area contributed by atoms with Crippen molar-refractivity contribution in [3.05, 3.63) is 95.8 Å². The van der Waals surface area contributed by atoms with Crippen LogP contribution in [-0.4, -0.2) is 10.9 Å². The van der Waals surface area contributed by atoms with Gasteiger partial charge in [-0.25, -0.2) is 0 Å². The second kappa shape index (κ2) is 8.11. The van der Waals surface area contributed by atoms with Crippen molar-refractivity contribution in [3.8, 4) is 5.75 Å². The monoisotopic (exact) mass is 332 g/mol. The average molecular weight is 332 g/mol. The molecule has 1 heterocycles. The van der Waals surface area contributed by atoms with Gasteiger partial charge in [-0.15, -0.1) is 0 Å². The molecule has 0 bridgehead atoms. The summed E-state index contributed by atoms with van der Waals surface area (Å²) in [7, 11) is 0. The van der Waals surface area contributed by atoms with Crippen LogP contribution in [0.3, 0.4) is 0 Å². The number of amides is 1. The van der Waals surface area contributed by atoms with Crippen molar-refractivity contribution in [2.75, 3.05) is 0 Å². The summed E-state index contributed by atoms with van der Waals surface area (Å²) < 4.78 is 5.75. The molecule has 4 heteroatoms. The summed E-state index contributed by atoms with van der Waals surface area (Å²) in [6, 6.07) is 20.7. The van der Waals surface area contributed by atoms with E-state index >= 15 is 0 Å². The van der Waals surface area contributed by atoms with Crippen molar-refractivity contribution < 1.29 is 9.53 Å². The predicted octanol–water partition coefficient (Wildman–Crippen LogP) is 4.15. The summed E-state index contributed by atoms with van der Waals surface area (Å²) in [6.45, 7) is 2.44. The zero-order valence-corrected chi connectivity index (χ0v) is 14.1. The lowest BCUT2D eigenvalue weighted by atomic mass is 10.1. The SMILES string of the molecule is CC(NC(=O)c1ccccc1)c1ccc(OCc2cccnc2)cc1. The molecule has 1 amide bonds. The third-order valence-corrected chi connectivity index (χ3v) is 3.89. The Morgan fingerprint density at radius 1 is 1.04 bits per heavy atom. The summed E-state index contributed by atoms with van der Waals surface area (Å²) in [5.74, 6) is 0.708. The number of ether oxygens (including phenoxy) is 1. The Bertz CT molecular complexity index is 802. The number of benzene rings is 2. The zero-order valence-electron chi connectivity index (χ0n) is 14.1. The van der Waals surface area contributed by atoms with Gasteiger partial charge in [0.1, 0.15) is 12.4 Å². The van der Waals surface area contributed by atoms with E-state index in [0.717, 1.165) is 16.9 Å². The van der Waals surface area contributed by atoms with E-state index in [1.54, 1.807) is 24.5 Å². The van der Waals surface area contributed by atoms with Gasteiger partial charge < -0.3 is 10.1 Å². The summed E-state index contributed by atoms with van der Waals surface area (Å²) in [5, 5.41) is 3.00. The van der Waals surface area contributed by atoms with Crippen LogP contribution >= 0.6 is 0 Å². The van der Waals surface area contributed by atoms with Crippen LogP contribution in [0.25, 0.3) is 0 Å². The van der Waals surface area contributed by atoms with Crippen LogP contribution in [0.4, 0.5) is 0 Å². The molecule has 0 fully saturated rings. The molecule has 126 valence electrons. The zero-order chi connectivity index (χ0) is 17.5. The van der Waals surface area contributed by atoms with Crippen LogP contribution < -0.4 is 10.1 Å². The number of nitrogens with zero attached hydrogens (tertiary/aromatic N) is 1. The molecule has 0 radical (unpaired) electrons. The number of carbonyl (C=O) groups excluding carboxylic acids is 1. The van der Waals surface area contributed by atoms with Crippen LogP contribution in [0.1, 0.15) is 34.5 Å². The van der Waals surface area contributed by atoms with Gasteiger partial charge in [0.2, 0.25) is 0 Å². The van der Waals surface area contributed by atoms with E-state index in [1.165, 1.54) is 0 Å². The fraction of sp³-hybridized carbons (Fsp3) is 0.143. The molecular weight excluding hydrogens is 312 g/mol. The van der Waals surface area contributed by atoms with Crippen LogP contribution in [0.5, 0.6) is 5.75 Å². The first kappa shape index (κ1) is 16.7. The Balaban J connectivity index is 1.57. The smallest absolute Gasteiger partial charge is 0.251 e. The number of aromatic nitrogens is 1. The number of hydrogen-bond donors (Lipinski definition) is 1. The second-order valence-corrected chi connectivity index (χ2v) is 5.78. The van der Waals surface area contributed by atoms with Crippen LogP contribution in [-0.2, 0) is 6.61 Å². The Morgan fingerprint density at radius 2 is 1.80 bits per heavy atom. The molecule has 0 saturated heterocycles. The van der Waals surface area contributed by atoms with Crippen LogP contribution in [0, 0.1) is 0 Å². The fourth-order valence-electron chi connectivity index (χ4n) is 2.46. The van der Waals surface area contributed by atoms with Crippen molar-refractivity contribution in [3.63, 3.8) is 0 Å². The molecule has 0 saturated carbocycles. The third-order valence-electron chi connectivity index (χ3n) is 3.89. The van der Waals surface area contributed by atoms with Crippen LogP contribution in [0.15, 0.2) is 79.1 Å². The van der Waals surface area contributed by atoms with Gasteiger partial charge in [0.05, 0.1) is 6.04 Å². The molecule has 1 N–H and O–H groups in total. The molecule has 1 atom stereocenters. The highest BCUT2D eigenvalue weighted by molar-refractivity contribution is 5.94. The molecule has 0 spiro atoms. The minimum Gasteiger partial charge on any atom is -0.489 e. The quantitative estimate of drug-likeness (QED) is 0.738. The van der Waals surface area contributed by atoms with E-state index in [9.17, 15) is 4.79 Å². The molecule has 4 nitrogen and oxygen atoms in total. The average Bonchev–Trinajstić information content (AvgIpc) is 2.68. The number of nitrogens with one attached hydrogen (secondary N) is 1. The Morgan fingerprint density at radius 3 is 2.48 bits per heavy atom. The van der Waals surface area contributed by atoms with Gasteiger partial charge in [-0.2, -0.15) is 0 Å². The van der Waals surface area contributed by atoms with E-state index in [1.807, 2.05) is 61.5 Å². The standard InChI is InChI=1S/C21H20N2O2/c1-16(23-21(24)19-7-3-2-4-8-19)18-9-11-20(12-10-18)25-15-17-6-5-13-22-14-17/h2-14,16H,15H2,1H3,(H,23,24). The second-order valence-electron chi connectivity index (χ2n) is 5.78. The van der Waals surface area contributed by atoms with Crippen molar-refractivity contribution in [1.29, 1.82) is 0 Å². The normalized spacial score (nSPS) is 11.6. The molecule has 1 aromatic heterocycles. The molecule has 3 rings (SSSR count). The highest BCUT2D eigenvalue weighted by Gasteiger charge is 2.11. The molecule has 2 aromatic carbocycles. The fourth-order valence-corrected chi connectivity index (χ4v) is 2.46. The summed E-state index contributed by atoms with van der Waals surface area (Å²) >= 11 is 0. The summed E-state index contributed by atoms with van der Waals surface area (Å²) in [4.78, 5) is 16.3. The molecular formula is C21H20N2O2. The van der Waals surface area contributed by atoms with E-state index in [-0.39, 0.29) is 11.9 Å². The maximum absolute atomic E-state index is 12.2. The molecule has 0 aliphatic carbocycles. The number of carbonyl (C=O) groups is 1. The van der Waals surface area contributed by atoms with Crippen molar-refractivity contribution >= 4 is 5.91 Å². The summed E-state index contributed by atoms with van der Waals surface area (Å²) in [5.41, 5.74) is 2.71. The lowest BCUT2D eigenvalue weighted by Crippen LogP contribution is -2.26. The third kappa shape index (κ3) is 4.67. The predicted molar refractivity (Wildman–Crippen MR) is 97.3 cm³/mol. The maximum Gasteiger partial charge on any atom is 0.251 e. The minimum atomic E-state index is -0.0833. The van der Waals surface area contributed by atoms with Crippen molar-refractivity contribution in [1.82, 2.24) is 10.3 Å². The Labute approximate surface area is 147 Å². The molecule has 0 aliphatic heterocycles. The largest absolute Gasteiger partial charge is 0.489 e. The number of pyridine rings is 1. The molecule has 3 aromatic rings. The summed E-state index contributed by atoms with van der Waals surface area (Å²) in [6.07, 6.45) is 3.53. The Kier molecular flexibility index (Phi) is 5.42. The van der Waals surface area contributed by atoms with Gasteiger partial charge in [0, 0.05) is 23.5 Å². The minimum absolute atomic E-state index is 0.0787. The van der Waals surface area contributed by atoms with E-state index in [0.29, 0.717) is 12.2 Å². The first-order chi connectivity index (χ1) is 12.2. The Hall–Kier alpha value is -3.14. The van der Waals surface area contributed by atoms with Gasteiger partial charge in [-0.1, -0.05) is 36.4 Å². The number of rotatable bonds is 6. The van der Waals surface area contributed by atoms with Gasteiger partial charge >= 0.3 is 0 Å². The highest BCUT2D eigenvalue weighted by atomic mass is 16.5. The van der Waals surface area contributed by atoms with Gasteiger partial charge in [-0.05, 0) is 42.8 Å². The van der Waals surface area contributed by atoms with Crippen LogP contribution in [0.2, 0.25) is 0 Å². The lowest BCUT2D eigenvalue weighted by Gasteiger charge is -2.15. The van der Waals surface area contributed by atoms with Gasteiger partial charge in [0.25, 0.3) is 5.91 Å². The van der Waals surface area contributed by atoms with Gasteiger partial charge in [0.15, 0.2) is 0 Å².